The average Bonchev–Trinajstić information content (AvgIpc) is 2.37. The van der Waals surface area contributed by atoms with Crippen molar-refractivity contribution >= 4 is 5.78 Å². The van der Waals surface area contributed by atoms with E-state index < -0.39 is 0 Å². The lowest BCUT2D eigenvalue weighted by Crippen LogP contribution is -2.48. The van der Waals surface area contributed by atoms with Crippen LogP contribution in [-0.2, 0) is 11.8 Å². The third kappa shape index (κ3) is 2.11. The van der Waals surface area contributed by atoms with Gasteiger partial charge in [0.25, 0.3) is 0 Å². The van der Waals surface area contributed by atoms with Crippen molar-refractivity contribution in [3.05, 3.63) is 28.8 Å². The van der Waals surface area contributed by atoms with Crippen LogP contribution in [0.4, 0.5) is 0 Å². The minimum Gasteiger partial charge on any atom is -0.508 e. The van der Waals surface area contributed by atoms with Crippen LogP contribution in [0.2, 0.25) is 0 Å². The summed E-state index contributed by atoms with van der Waals surface area (Å²) in [5, 5.41) is 10.1. The molecule has 0 saturated heterocycles. The van der Waals surface area contributed by atoms with Gasteiger partial charge in [-0.3, -0.25) is 4.79 Å². The van der Waals surface area contributed by atoms with Crippen molar-refractivity contribution in [2.45, 2.75) is 65.2 Å². The molecule has 2 unspecified atom stereocenters. The van der Waals surface area contributed by atoms with Gasteiger partial charge in [-0.05, 0) is 72.6 Å². The summed E-state index contributed by atoms with van der Waals surface area (Å²) in [6.45, 7) is 8.72. The van der Waals surface area contributed by atoms with Gasteiger partial charge >= 0.3 is 0 Å². The highest BCUT2D eigenvalue weighted by molar-refractivity contribution is 5.96. The number of aromatic hydroxyl groups is 1. The summed E-state index contributed by atoms with van der Waals surface area (Å²) in [5.41, 5.74) is 3.59. The number of hydrogen-bond donors (Lipinski definition) is 1. The van der Waals surface area contributed by atoms with E-state index in [9.17, 15) is 9.90 Å². The predicted molar refractivity (Wildman–Crippen MR) is 84.9 cm³/mol. The molecule has 2 aliphatic rings. The van der Waals surface area contributed by atoms with Crippen LogP contribution in [0.25, 0.3) is 0 Å². The molecule has 2 nitrogen and oxygen atoms in total. The Bertz CT molecular complexity index is 600. The Labute approximate surface area is 127 Å². The summed E-state index contributed by atoms with van der Waals surface area (Å²) in [6, 6.07) is 3.58. The smallest absolute Gasteiger partial charge is 0.160 e. The molecule has 0 bridgehead atoms. The molecular formula is C19H26O2. The molecule has 0 amide bonds. The molecule has 2 aliphatic carbocycles. The molecule has 0 spiro atoms. The number of benzene rings is 1. The number of ketones is 1. The molecule has 0 heterocycles. The first kappa shape index (κ1) is 14.6. The van der Waals surface area contributed by atoms with Crippen molar-refractivity contribution in [1.29, 1.82) is 0 Å². The Kier molecular flexibility index (Phi) is 3.20. The third-order valence-electron chi connectivity index (χ3n) is 6.14. The second kappa shape index (κ2) is 4.59. The Hall–Kier alpha value is -1.31. The molecule has 2 atom stereocenters. The Morgan fingerprint density at radius 1 is 1.24 bits per heavy atom. The molecule has 1 aromatic carbocycles. The zero-order valence-electron chi connectivity index (χ0n) is 13.6. The first-order chi connectivity index (χ1) is 9.75. The average molecular weight is 286 g/mol. The molecule has 3 rings (SSSR count). The number of rotatable bonds is 1. The largest absolute Gasteiger partial charge is 0.508 e. The van der Waals surface area contributed by atoms with Gasteiger partial charge in [0.05, 0.1) is 0 Å². The van der Waals surface area contributed by atoms with Gasteiger partial charge in [-0.2, -0.15) is 0 Å². The summed E-state index contributed by atoms with van der Waals surface area (Å²) >= 11 is 0. The van der Waals surface area contributed by atoms with Crippen molar-refractivity contribution in [1.82, 2.24) is 0 Å². The van der Waals surface area contributed by atoms with Crippen LogP contribution < -0.4 is 0 Å². The second-order valence-electron chi connectivity index (χ2n) is 7.93. The highest BCUT2D eigenvalue weighted by Gasteiger charge is 2.50. The molecule has 0 aliphatic heterocycles. The molecule has 1 N–H and O–H groups in total. The highest BCUT2D eigenvalue weighted by atomic mass is 16.3. The zero-order valence-corrected chi connectivity index (χ0v) is 13.6. The van der Waals surface area contributed by atoms with Gasteiger partial charge in [-0.15, -0.1) is 0 Å². The van der Waals surface area contributed by atoms with Crippen molar-refractivity contribution in [3.63, 3.8) is 0 Å². The SMILES string of the molecule is CC(=O)c1cc(O)cc2c1CCC1C(C)(C)CCCC21C. The molecule has 21 heavy (non-hydrogen) atoms. The molecule has 0 radical (unpaired) electrons. The number of carbonyl (C=O) groups is 1. The number of carbonyl (C=O) groups excluding carboxylic acids is 1. The van der Waals surface area contributed by atoms with Crippen LogP contribution >= 0.6 is 0 Å². The quantitative estimate of drug-likeness (QED) is 0.764. The Morgan fingerprint density at radius 3 is 2.62 bits per heavy atom. The number of fused-ring (bicyclic) bond motifs is 3. The van der Waals surface area contributed by atoms with Crippen molar-refractivity contribution in [2.75, 3.05) is 0 Å². The molecule has 1 fully saturated rings. The van der Waals surface area contributed by atoms with Crippen LogP contribution in [0, 0.1) is 11.3 Å². The van der Waals surface area contributed by atoms with Gasteiger partial charge in [0.2, 0.25) is 0 Å². The van der Waals surface area contributed by atoms with E-state index in [0.717, 1.165) is 24.8 Å². The van der Waals surface area contributed by atoms with Crippen LogP contribution in [0.3, 0.4) is 0 Å². The molecule has 0 aromatic heterocycles. The number of phenols is 1. The zero-order chi connectivity index (χ0) is 15.4. The lowest BCUT2D eigenvalue weighted by Gasteiger charge is -2.54. The first-order valence-corrected chi connectivity index (χ1v) is 8.13. The van der Waals surface area contributed by atoms with E-state index in [4.69, 9.17) is 0 Å². The fourth-order valence-corrected chi connectivity index (χ4v) is 5.19. The first-order valence-electron chi connectivity index (χ1n) is 8.13. The van der Waals surface area contributed by atoms with E-state index in [0.29, 0.717) is 11.3 Å². The maximum absolute atomic E-state index is 12.0. The monoisotopic (exact) mass is 286 g/mol. The normalized spacial score (nSPS) is 30.4. The van der Waals surface area contributed by atoms with E-state index in [-0.39, 0.29) is 16.9 Å². The summed E-state index contributed by atoms with van der Waals surface area (Å²) in [5.74, 6) is 0.941. The van der Waals surface area contributed by atoms with Crippen molar-refractivity contribution < 1.29 is 9.90 Å². The van der Waals surface area contributed by atoms with Gasteiger partial charge in [0.1, 0.15) is 5.75 Å². The lowest BCUT2D eigenvalue weighted by molar-refractivity contribution is 0.0404. The molecule has 1 aromatic rings. The maximum atomic E-state index is 12.0. The van der Waals surface area contributed by atoms with E-state index in [1.165, 1.54) is 24.0 Å². The van der Waals surface area contributed by atoms with E-state index >= 15 is 0 Å². The summed E-state index contributed by atoms with van der Waals surface area (Å²) in [4.78, 5) is 12.0. The van der Waals surface area contributed by atoms with E-state index in [1.807, 2.05) is 6.07 Å². The molecular weight excluding hydrogens is 260 g/mol. The molecule has 114 valence electrons. The van der Waals surface area contributed by atoms with Crippen LogP contribution in [-0.4, -0.2) is 10.9 Å². The fourth-order valence-electron chi connectivity index (χ4n) is 5.19. The van der Waals surface area contributed by atoms with Crippen LogP contribution in [0.15, 0.2) is 12.1 Å². The van der Waals surface area contributed by atoms with Crippen molar-refractivity contribution in [2.24, 2.45) is 11.3 Å². The second-order valence-corrected chi connectivity index (χ2v) is 7.93. The fraction of sp³-hybridized carbons (Fsp3) is 0.632. The topological polar surface area (TPSA) is 37.3 Å². The highest BCUT2D eigenvalue weighted by Crippen LogP contribution is 2.57. The van der Waals surface area contributed by atoms with Gasteiger partial charge in [-0.25, -0.2) is 0 Å². The number of hydrogen-bond acceptors (Lipinski definition) is 2. The minimum atomic E-state index is 0.0688. The Balaban J connectivity index is 2.20. The summed E-state index contributed by atoms with van der Waals surface area (Å²) in [7, 11) is 0. The number of phenolic OH excluding ortho intramolecular Hbond substituents is 1. The van der Waals surface area contributed by atoms with Gasteiger partial charge in [0, 0.05) is 5.56 Å². The summed E-state index contributed by atoms with van der Waals surface area (Å²) in [6.07, 6.45) is 5.79. The predicted octanol–water partition coefficient (Wildman–Crippen LogP) is 4.63. The van der Waals surface area contributed by atoms with Crippen molar-refractivity contribution in [3.8, 4) is 5.75 Å². The molecule has 2 heteroatoms. The Morgan fingerprint density at radius 2 is 1.95 bits per heavy atom. The van der Waals surface area contributed by atoms with Crippen LogP contribution in [0.5, 0.6) is 5.75 Å². The maximum Gasteiger partial charge on any atom is 0.160 e. The minimum absolute atomic E-state index is 0.0688. The van der Waals surface area contributed by atoms with E-state index in [1.54, 1.807) is 13.0 Å². The third-order valence-corrected chi connectivity index (χ3v) is 6.14. The summed E-state index contributed by atoms with van der Waals surface area (Å²) < 4.78 is 0. The van der Waals surface area contributed by atoms with E-state index in [2.05, 4.69) is 20.8 Å². The number of Topliss-reactive ketones (excluding diaryl/α,β-unsaturated/α-hetero) is 1. The lowest BCUT2D eigenvalue weighted by atomic mass is 9.50. The van der Waals surface area contributed by atoms with Crippen LogP contribution in [0.1, 0.15) is 74.9 Å². The van der Waals surface area contributed by atoms with Gasteiger partial charge in [0.15, 0.2) is 5.78 Å². The van der Waals surface area contributed by atoms with Gasteiger partial charge in [-0.1, -0.05) is 27.2 Å². The van der Waals surface area contributed by atoms with Gasteiger partial charge < -0.3 is 5.11 Å². The standard InChI is InChI=1S/C19H26O2/c1-12(20)15-10-13(21)11-16-14(15)6-7-17-18(2,3)8-5-9-19(16,17)4/h10-11,17,21H,5-9H2,1-4H3. The molecule has 1 saturated carbocycles.